The van der Waals surface area contributed by atoms with E-state index < -0.39 is 0 Å². The molecule has 1 aliphatic rings. The average molecular weight is 435 g/mol. The number of guanidine groups is 1. The molecule has 2 aromatic heterocycles. The molecule has 3 aromatic rings. The van der Waals surface area contributed by atoms with Gasteiger partial charge in [-0.25, -0.2) is 9.67 Å². The van der Waals surface area contributed by atoms with Gasteiger partial charge in [0.25, 0.3) is 0 Å². The molecule has 9 nitrogen and oxygen atoms in total. The Kier molecular flexibility index (Phi) is 6.25. The fourth-order valence-electron chi connectivity index (χ4n) is 3.98. The number of amides is 1. The number of carbonyl (C=O) groups is 1. The lowest BCUT2D eigenvalue weighted by Gasteiger charge is -2.35. The van der Waals surface area contributed by atoms with Crippen molar-refractivity contribution in [2.24, 2.45) is 12.0 Å². The summed E-state index contributed by atoms with van der Waals surface area (Å²) in [6.07, 6.45) is 3.59. The van der Waals surface area contributed by atoms with Gasteiger partial charge in [-0.3, -0.25) is 9.48 Å². The number of carbonyl (C=O) groups excluding carboxylic acids is 1. The lowest BCUT2D eigenvalue weighted by atomic mass is 10.2. The Hall–Kier alpha value is -3.62. The van der Waals surface area contributed by atoms with Crippen molar-refractivity contribution < 1.29 is 4.79 Å². The van der Waals surface area contributed by atoms with Gasteiger partial charge in [0.1, 0.15) is 6.54 Å². The molecule has 1 amide bonds. The van der Waals surface area contributed by atoms with Gasteiger partial charge >= 0.3 is 0 Å². The summed E-state index contributed by atoms with van der Waals surface area (Å²) in [6, 6.07) is 10.2. The molecule has 0 aliphatic carbocycles. The van der Waals surface area contributed by atoms with Crippen molar-refractivity contribution in [1.82, 2.24) is 29.8 Å². The summed E-state index contributed by atoms with van der Waals surface area (Å²) in [5.41, 5.74) is 5.00. The van der Waals surface area contributed by atoms with Crippen LogP contribution in [0.2, 0.25) is 0 Å². The minimum absolute atomic E-state index is 0.0397. The summed E-state index contributed by atoms with van der Waals surface area (Å²) >= 11 is 0. The second-order valence-electron chi connectivity index (χ2n) is 7.98. The molecule has 0 radical (unpaired) electrons. The van der Waals surface area contributed by atoms with E-state index in [2.05, 4.69) is 40.6 Å². The van der Waals surface area contributed by atoms with Gasteiger partial charge < -0.3 is 15.1 Å². The maximum atomic E-state index is 12.8. The Balaban J connectivity index is 1.53. The number of nitrogens with zero attached hydrogens (tertiary/aromatic N) is 7. The Morgan fingerprint density at radius 2 is 2.03 bits per heavy atom. The van der Waals surface area contributed by atoms with Crippen LogP contribution in [-0.4, -0.2) is 62.5 Å². The molecule has 1 fully saturated rings. The van der Waals surface area contributed by atoms with Crippen molar-refractivity contribution in [3.05, 3.63) is 59.7 Å². The van der Waals surface area contributed by atoms with E-state index in [0.29, 0.717) is 19.6 Å². The average Bonchev–Trinajstić information content (AvgIpc) is 3.35. The highest BCUT2D eigenvalue weighted by molar-refractivity contribution is 5.98. The van der Waals surface area contributed by atoms with Gasteiger partial charge in [-0.15, -0.1) is 0 Å². The molecule has 0 unspecified atom stereocenters. The summed E-state index contributed by atoms with van der Waals surface area (Å²) in [5.74, 6) is 0.785. The number of aromatic nitrogens is 4. The predicted octanol–water partition coefficient (Wildman–Crippen LogP) is 2.04. The molecule has 168 valence electrons. The Bertz CT molecular complexity index is 1130. The van der Waals surface area contributed by atoms with E-state index in [1.54, 1.807) is 15.8 Å². The molecule has 4 rings (SSSR count). The van der Waals surface area contributed by atoms with Crippen molar-refractivity contribution >= 4 is 17.6 Å². The maximum Gasteiger partial charge on any atom is 0.246 e. The van der Waals surface area contributed by atoms with Crippen molar-refractivity contribution in [3.8, 4) is 5.69 Å². The van der Waals surface area contributed by atoms with Gasteiger partial charge in [-0.2, -0.15) is 10.2 Å². The first-order valence-corrected chi connectivity index (χ1v) is 10.9. The normalized spacial score (nSPS) is 14.9. The topological polar surface area (TPSA) is 83.6 Å². The monoisotopic (exact) mass is 434 g/mol. The zero-order valence-electron chi connectivity index (χ0n) is 19.1. The third kappa shape index (κ3) is 4.51. The van der Waals surface area contributed by atoms with Gasteiger partial charge in [0.05, 0.1) is 29.8 Å². The number of hydrogen-bond donors (Lipinski definition) is 1. The van der Waals surface area contributed by atoms with Crippen molar-refractivity contribution in [3.63, 3.8) is 0 Å². The van der Waals surface area contributed by atoms with Crippen molar-refractivity contribution in [2.75, 3.05) is 31.1 Å². The third-order valence-corrected chi connectivity index (χ3v) is 5.49. The van der Waals surface area contributed by atoms with Crippen molar-refractivity contribution in [1.29, 1.82) is 0 Å². The van der Waals surface area contributed by atoms with Crippen LogP contribution < -0.4 is 10.2 Å². The van der Waals surface area contributed by atoms with Crippen LogP contribution in [0.1, 0.15) is 23.9 Å². The van der Waals surface area contributed by atoms with E-state index in [-0.39, 0.29) is 12.5 Å². The predicted molar refractivity (Wildman–Crippen MR) is 125 cm³/mol. The number of rotatable bonds is 5. The summed E-state index contributed by atoms with van der Waals surface area (Å²) in [7, 11) is 1.85. The number of para-hydroxylation sites is 1. The van der Waals surface area contributed by atoms with Crippen LogP contribution in [0.25, 0.3) is 5.69 Å². The highest BCUT2D eigenvalue weighted by Gasteiger charge is 2.27. The number of aryl methyl sites for hydroxylation is 3. The standard InChI is InChI=1S/C23H30N8O/c1-5-24-23(29-10-11-30(22(32)16-29)20-14-26-28(4)15-20)25-13-19-8-6-7-9-21(19)31-18(3)12-17(2)27-31/h6-9,12,14-15H,5,10-11,13,16H2,1-4H3,(H,24,25). The van der Waals surface area contributed by atoms with E-state index in [4.69, 9.17) is 4.99 Å². The smallest absolute Gasteiger partial charge is 0.246 e. The van der Waals surface area contributed by atoms with Crippen LogP contribution >= 0.6 is 0 Å². The molecule has 0 spiro atoms. The van der Waals surface area contributed by atoms with Gasteiger partial charge in [0, 0.05) is 38.6 Å². The number of anilines is 1. The molecule has 1 saturated heterocycles. The van der Waals surface area contributed by atoms with Gasteiger partial charge in [0.15, 0.2) is 5.96 Å². The third-order valence-electron chi connectivity index (χ3n) is 5.49. The molecule has 32 heavy (non-hydrogen) atoms. The molecule has 3 heterocycles. The van der Waals surface area contributed by atoms with Gasteiger partial charge in [-0.1, -0.05) is 18.2 Å². The van der Waals surface area contributed by atoms with Crippen LogP contribution in [0.4, 0.5) is 5.69 Å². The molecule has 1 aliphatic heterocycles. The number of nitrogens with one attached hydrogen (secondary N) is 1. The quantitative estimate of drug-likeness (QED) is 0.491. The lowest BCUT2D eigenvalue weighted by Crippen LogP contribution is -2.55. The second kappa shape index (κ2) is 9.25. The Morgan fingerprint density at radius 1 is 1.22 bits per heavy atom. The molecule has 1 N–H and O–H groups in total. The fourth-order valence-corrected chi connectivity index (χ4v) is 3.98. The van der Waals surface area contributed by atoms with Crippen LogP contribution in [0.15, 0.2) is 47.7 Å². The Morgan fingerprint density at radius 3 is 2.69 bits per heavy atom. The summed E-state index contributed by atoms with van der Waals surface area (Å²) in [6.45, 7) is 8.88. The molecule has 0 saturated carbocycles. The first kappa shape index (κ1) is 21.6. The van der Waals surface area contributed by atoms with E-state index in [9.17, 15) is 4.79 Å². The molecular weight excluding hydrogens is 404 g/mol. The molecular formula is C23H30N8O. The molecule has 1 aromatic carbocycles. The van der Waals surface area contributed by atoms with Gasteiger partial charge in [0.2, 0.25) is 5.91 Å². The first-order chi connectivity index (χ1) is 15.5. The van der Waals surface area contributed by atoms with Gasteiger partial charge in [-0.05, 0) is 38.5 Å². The van der Waals surface area contributed by atoms with E-state index >= 15 is 0 Å². The minimum Gasteiger partial charge on any atom is -0.356 e. The number of hydrogen-bond acceptors (Lipinski definition) is 4. The number of benzene rings is 1. The van der Waals surface area contributed by atoms with E-state index in [1.807, 2.05) is 48.8 Å². The summed E-state index contributed by atoms with van der Waals surface area (Å²) in [5, 5.41) is 12.2. The SMILES string of the molecule is CCNC(=NCc1ccccc1-n1nc(C)cc1C)N1CCN(c2cnn(C)c2)C(=O)C1. The Labute approximate surface area is 188 Å². The van der Waals surface area contributed by atoms with E-state index in [0.717, 1.165) is 40.8 Å². The lowest BCUT2D eigenvalue weighted by molar-refractivity contribution is -0.120. The van der Waals surface area contributed by atoms with Crippen LogP contribution in [-0.2, 0) is 18.4 Å². The van der Waals surface area contributed by atoms with Crippen LogP contribution in [0.5, 0.6) is 0 Å². The zero-order chi connectivity index (χ0) is 22.7. The highest BCUT2D eigenvalue weighted by atomic mass is 16.2. The van der Waals surface area contributed by atoms with Crippen molar-refractivity contribution in [2.45, 2.75) is 27.3 Å². The minimum atomic E-state index is 0.0397. The largest absolute Gasteiger partial charge is 0.356 e. The van der Waals surface area contributed by atoms with Crippen LogP contribution in [0.3, 0.4) is 0 Å². The van der Waals surface area contributed by atoms with E-state index in [1.165, 1.54) is 0 Å². The summed E-state index contributed by atoms with van der Waals surface area (Å²) in [4.78, 5) is 21.5. The second-order valence-corrected chi connectivity index (χ2v) is 7.98. The highest BCUT2D eigenvalue weighted by Crippen LogP contribution is 2.19. The number of aliphatic imine (C=N–C) groups is 1. The summed E-state index contributed by atoms with van der Waals surface area (Å²) < 4.78 is 3.67. The maximum absolute atomic E-state index is 12.8. The molecule has 9 heteroatoms. The number of piperazine rings is 1. The fraction of sp³-hybridized carbons (Fsp3) is 0.391. The first-order valence-electron chi connectivity index (χ1n) is 10.9. The van der Waals surface area contributed by atoms with Crippen LogP contribution in [0, 0.1) is 13.8 Å². The molecule has 0 atom stereocenters. The molecule has 0 bridgehead atoms. The zero-order valence-corrected chi connectivity index (χ0v) is 19.1.